The van der Waals surface area contributed by atoms with Gasteiger partial charge in [-0.25, -0.2) is 0 Å². The second kappa shape index (κ2) is 7.77. The van der Waals surface area contributed by atoms with E-state index in [2.05, 4.69) is 10.2 Å². The lowest BCUT2D eigenvalue weighted by molar-refractivity contribution is -0.112. The van der Waals surface area contributed by atoms with Crippen LogP contribution in [0.5, 0.6) is 0 Å². The number of morpholine rings is 1. The van der Waals surface area contributed by atoms with Crippen LogP contribution >= 0.6 is 11.3 Å². The van der Waals surface area contributed by atoms with E-state index < -0.39 is 5.91 Å². The molecule has 6 heteroatoms. The lowest BCUT2D eigenvalue weighted by Gasteiger charge is -2.28. The Hall–Kier alpha value is -2.62. The summed E-state index contributed by atoms with van der Waals surface area (Å²) < 4.78 is 5.34. The summed E-state index contributed by atoms with van der Waals surface area (Å²) in [5, 5.41) is 13.9. The van der Waals surface area contributed by atoms with Gasteiger partial charge in [-0.2, -0.15) is 5.26 Å². The summed E-state index contributed by atoms with van der Waals surface area (Å²) in [6.45, 7) is 3.21. The zero-order valence-corrected chi connectivity index (χ0v) is 13.9. The number of nitrogens with one attached hydrogen (secondary N) is 1. The Morgan fingerprint density at radius 3 is 2.62 bits per heavy atom. The largest absolute Gasteiger partial charge is 0.378 e. The van der Waals surface area contributed by atoms with E-state index in [9.17, 15) is 10.1 Å². The van der Waals surface area contributed by atoms with Gasteiger partial charge >= 0.3 is 0 Å². The van der Waals surface area contributed by atoms with Crippen LogP contribution in [0.4, 0.5) is 11.4 Å². The lowest BCUT2D eigenvalue weighted by atomic mass is 10.2. The maximum atomic E-state index is 12.2. The van der Waals surface area contributed by atoms with Gasteiger partial charge in [0.05, 0.1) is 13.2 Å². The molecule has 0 aliphatic carbocycles. The molecule has 1 aromatic carbocycles. The van der Waals surface area contributed by atoms with Gasteiger partial charge in [-0.3, -0.25) is 4.79 Å². The number of nitrogens with zero attached hydrogens (tertiary/aromatic N) is 2. The predicted octanol–water partition coefficient (Wildman–Crippen LogP) is 3.13. The Labute approximate surface area is 144 Å². The highest BCUT2D eigenvalue weighted by Gasteiger charge is 2.12. The zero-order valence-electron chi connectivity index (χ0n) is 13.1. The number of benzene rings is 1. The normalized spacial score (nSPS) is 15.0. The molecule has 0 unspecified atom stereocenters. The maximum absolute atomic E-state index is 12.2. The van der Waals surface area contributed by atoms with Crippen LogP contribution in [0.2, 0.25) is 0 Å². The summed E-state index contributed by atoms with van der Waals surface area (Å²) in [7, 11) is 0. The van der Waals surface area contributed by atoms with E-state index in [1.54, 1.807) is 6.08 Å². The van der Waals surface area contributed by atoms with Gasteiger partial charge in [0, 0.05) is 29.3 Å². The molecule has 5 nitrogen and oxygen atoms in total. The number of nitriles is 1. The molecule has 1 aromatic heterocycles. The van der Waals surface area contributed by atoms with Crippen molar-refractivity contribution >= 4 is 34.7 Å². The van der Waals surface area contributed by atoms with Crippen LogP contribution in [-0.4, -0.2) is 32.2 Å². The quantitative estimate of drug-likeness (QED) is 0.686. The van der Waals surface area contributed by atoms with E-state index in [0.717, 1.165) is 36.9 Å². The molecule has 1 aliphatic heterocycles. The summed E-state index contributed by atoms with van der Waals surface area (Å²) in [6, 6.07) is 13.3. The van der Waals surface area contributed by atoms with Crippen LogP contribution < -0.4 is 10.2 Å². The van der Waals surface area contributed by atoms with Crippen molar-refractivity contribution in [1.82, 2.24) is 0 Å². The molecule has 0 bridgehead atoms. The average Bonchev–Trinajstić information content (AvgIpc) is 3.14. The second-order valence-corrected chi connectivity index (χ2v) is 6.26. The zero-order chi connectivity index (χ0) is 16.8. The number of carbonyl (C=O) groups excluding carboxylic acids is 1. The SMILES string of the molecule is N#CC(=Cc1cccs1)C(=O)Nc1ccc(N2CCOCC2)cc1. The van der Waals surface area contributed by atoms with Crippen molar-refractivity contribution in [3.8, 4) is 6.07 Å². The Morgan fingerprint density at radius 2 is 2.00 bits per heavy atom. The van der Waals surface area contributed by atoms with Gasteiger partial charge in [0.2, 0.25) is 0 Å². The fraction of sp³-hybridized carbons (Fsp3) is 0.222. The molecule has 2 heterocycles. The highest BCUT2D eigenvalue weighted by atomic mass is 32.1. The van der Waals surface area contributed by atoms with E-state index in [1.807, 2.05) is 47.8 Å². The van der Waals surface area contributed by atoms with Crippen molar-refractivity contribution in [2.75, 3.05) is 36.5 Å². The molecule has 1 N–H and O–H groups in total. The first-order valence-corrected chi connectivity index (χ1v) is 8.53. The fourth-order valence-electron chi connectivity index (χ4n) is 2.44. The van der Waals surface area contributed by atoms with Crippen LogP contribution in [0.15, 0.2) is 47.4 Å². The lowest BCUT2D eigenvalue weighted by Crippen LogP contribution is -2.36. The Balaban J connectivity index is 1.66. The molecule has 3 rings (SSSR count). The first-order valence-electron chi connectivity index (χ1n) is 7.66. The van der Waals surface area contributed by atoms with Crippen molar-refractivity contribution in [2.45, 2.75) is 0 Å². The number of anilines is 2. The van der Waals surface area contributed by atoms with Gasteiger partial charge in [-0.15, -0.1) is 11.3 Å². The smallest absolute Gasteiger partial charge is 0.266 e. The third-order valence-electron chi connectivity index (χ3n) is 3.70. The summed E-state index contributed by atoms with van der Waals surface area (Å²) in [5.41, 5.74) is 1.87. The van der Waals surface area contributed by atoms with Gasteiger partial charge < -0.3 is 15.0 Å². The van der Waals surface area contributed by atoms with E-state index in [0.29, 0.717) is 5.69 Å². The predicted molar refractivity (Wildman–Crippen MR) is 96.0 cm³/mol. The third-order valence-corrected chi connectivity index (χ3v) is 4.52. The van der Waals surface area contributed by atoms with Gasteiger partial charge in [0.25, 0.3) is 5.91 Å². The first-order chi connectivity index (χ1) is 11.8. The van der Waals surface area contributed by atoms with Crippen LogP contribution in [-0.2, 0) is 9.53 Å². The van der Waals surface area contributed by atoms with Gasteiger partial charge in [0.1, 0.15) is 11.6 Å². The minimum atomic E-state index is -0.398. The molecule has 1 aliphatic rings. The number of amides is 1. The standard InChI is InChI=1S/C18H17N3O2S/c19-13-14(12-17-2-1-11-24-17)18(22)20-15-3-5-16(6-4-15)21-7-9-23-10-8-21/h1-6,11-12H,7-10H2,(H,20,22). The molecule has 1 amide bonds. The molecular formula is C18H17N3O2S. The number of hydrogen-bond donors (Lipinski definition) is 1. The summed E-state index contributed by atoms with van der Waals surface area (Å²) in [5.74, 6) is -0.398. The fourth-order valence-corrected chi connectivity index (χ4v) is 3.10. The maximum Gasteiger partial charge on any atom is 0.266 e. The van der Waals surface area contributed by atoms with E-state index >= 15 is 0 Å². The minimum Gasteiger partial charge on any atom is -0.378 e. The number of hydrogen-bond acceptors (Lipinski definition) is 5. The molecular weight excluding hydrogens is 322 g/mol. The highest BCUT2D eigenvalue weighted by molar-refractivity contribution is 7.10. The molecule has 0 saturated carbocycles. The van der Waals surface area contributed by atoms with E-state index in [-0.39, 0.29) is 5.57 Å². The first kappa shape index (κ1) is 16.2. The van der Waals surface area contributed by atoms with Crippen molar-refractivity contribution in [3.63, 3.8) is 0 Å². The van der Waals surface area contributed by atoms with Crippen molar-refractivity contribution < 1.29 is 9.53 Å². The number of rotatable bonds is 4. The Morgan fingerprint density at radius 1 is 1.25 bits per heavy atom. The topological polar surface area (TPSA) is 65.4 Å². The van der Waals surface area contributed by atoms with Crippen LogP contribution in [0, 0.1) is 11.3 Å². The number of thiophene rings is 1. The number of carbonyl (C=O) groups is 1. The molecule has 1 fully saturated rings. The third kappa shape index (κ3) is 4.02. The Kier molecular flexibility index (Phi) is 5.26. The highest BCUT2D eigenvalue weighted by Crippen LogP contribution is 2.20. The molecule has 122 valence electrons. The van der Waals surface area contributed by atoms with E-state index in [1.165, 1.54) is 11.3 Å². The molecule has 0 radical (unpaired) electrons. The molecule has 2 aromatic rings. The Bertz CT molecular complexity index is 755. The number of ether oxygens (including phenoxy) is 1. The van der Waals surface area contributed by atoms with Crippen LogP contribution in [0.25, 0.3) is 6.08 Å². The minimum absolute atomic E-state index is 0.0923. The molecule has 24 heavy (non-hydrogen) atoms. The van der Waals surface area contributed by atoms with Crippen LogP contribution in [0.3, 0.4) is 0 Å². The van der Waals surface area contributed by atoms with Gasteiger partial charge in [-0.05, 0) is 41.8 Å². The van der Waals surface area contributed by atoms with Crippen molar-refractivity contribution in [1.29, 1.82) is 5.26 Å². The second-order valence-electron chi connectivity index (χ2n) is 5.29. The monoisotopic (exact) mass is 339 g/mol. The van der Waals surface area contributed by atoms with Crippen molar-refractivity contribution in [3.05, 3.63) is 52.2 Å². The summed E-state index contributed by atoms with van der Waals surface area (Å²) in [4.78, 5) is 15.4. The van der Waals surface area contributed by atoms with Crippen molar-refractivity contribution in [2.24, 2.45) is 0 Å². The molecule has 1 saturated heterocycles. The van der Waals surface area contributed by atoms with Crippen LogP contribution in [0.1, 0.15) is 4.88 Å². The van der Waals surface area contributed by atoms with Gasteiger partial charge in [-0.1, -0.05) is 6.07 Å². The van der Waals surface area contributed by atoms with Gasteiger partial charge in [0.15, 0.2) is 0 Å². The molecule has 0 spiro atoms. The summed E-state index contributed by atoms with van der Waals surface area (Å²) in [6.07, 6.45) is 1.60. The van der Waals surface area contributed by atoms with E-state index in [4.69, 9.17) is 4.74 Å². The average molecular weight is 339 g/mol. The summed E-state index contributed by atoms with van der Waals surface area (Å²) >= 11 is 1.48. The molecule has 0 atom stereocenters.